The Balaban J connectivity index is 2.06. The van der Waals surface area contributed by atoms with Gasteiger partial charge in [0, 0.05) is 25.7 Å². The van der Waals surface area contributed by atoms with Gasteiger partial charge in [0.2, 0.25) is 5.96 Å². The molecule has 2 amide bonds. The number of thioether (sulfide) groups is 1. The fourth-order valence-electron chi connectivity index (χ4n) is 3.93. The van der Waals surface area contributed by atoms with E-state index in [1.54, 1.807) is 14.0 Å². The van der Waals surface area contributed by atoms with Crippen LogP contribution in [-0.2, 0) is 9.71 Å². The third kappa shape index (κ3) is 6.59. The lowest BCUT2D eigenvalue weighted by atomic mass is 10.0. The number of hydrogen-bond acceptors (Lipinski definition) is 6. The van der Waals surface area contributed by atoms with Crippen molar-refractivity contribution in [1.29, 1.82) is 5.26 Å². The number of hydrazone groups is 1. The number of nitriles is 1. The van der Waals surface area contributed by atoms with E-state index in [2.05, 4.69) is 20.7 Å². The first kappa shape index (κ1) is 28.9. The first-order valence-corrected chi connectivity index (χ1v) is 13.0. The minimum absolute atomic E-state index is 0.0322. The van der Waals surface area contributed by atoms with Gasteiger partial charge in [-0.1, -0.05) is 42.1 Å². The van der Waals surface area contributed by atoms with Crippen molar-refractivity contribution in [3.63, 3.8) is 0 Å². The Labute approximate surface area is 225 Å². The number of carbonyl (C=O) groups excluding carboxylic acids is 1. The molecule has 1 aliphatic heterocycles. The Bertz CT molecular complexity index is 1220. The number of halogens is 2. The maximum atomic E-state index is 14.9. The minimum atomic E-state index is -1.09. The second-order valence-electron chi connectivity index (χ2n) is 8.56. The van der Waals surface area contributed by atoms with Crippen molar-refractivity contribution in [3.05, 3.63) is 71.3 Å². The summed E-state index contributed by atoms with van der Waals surface area (Å²) in [5.74, 6) is -0.944. The van der Waals surface area contributed by atoms with E-state index in [4.69, 9.17) is 10.1 Å². The molecule has 0 saturated heterocycles. The van der Waals surface area contributed by atoms with Crippen LogP contribution in [0, 0.1) is 23.1 Å². The molecule has 12 heteroatoms. The molecule has 2 aromatic rings. The number of rotatable bonds is 9. The fourth-order valence-corrected chi connectivity index (χ4v) is 5.34. The van der Waals surface area contributed by atoms with Gasteiger partial charge >= 0.3 is 6.03 Å². The van der Waals surface area contributed by atoms with Crippen molar-refractivity contribution >= 4 is 28.8 Å². The van der Waals surface area contributed by atoms with E-state index in [9.17, 15) is 13.6 Å². The Kier molecular flexibility index (Phi) is 10.0. The molecule has 0 spiro atoms. The Hall–Kier alpha value is -3.69. The quantitative estimate of drug-likeness (QED) is 0.118. The summed E-state index contributed by atoms with van der Waals surface area (Å²) in [6, 6.07) is 11.9. The molecule has 3 rings (SSSR count). The smallest absolute Gasteiger partial charge is 0.356 e. The molecule has 38 heavy (non-hydrogen) atoms. The molecule has 1 aliphatic rings. The highest BCUT2D eigenvalue weighted by Gasteiger charge is 2.50. The van der Waals surface area contributed by atoms with Gasteiger partial charge in [0.05, 0.1) is 6.10 Å². The van der Waals surface area contributed by atoms with Crippen LogP contribution in [0.25, 0.3) is 0 Å². The zero-order valence-electron chi connectivity index (χ0n) is 21.7. The van der Waals surface area contributed by atoms with Crippen molar-refractivity contribution in [2.75, 3.05) is 20.1 Å². The average Bonchev–Trinajstić information content (AvgIpc) is 3.30. The van der Waals surface area contributed by atoms with Crippen LogP contribution >= 0.6 is 11.8 Å². The maximum Gasteiger partial charge on any atom is 0.366 e. The first-order chi connectivity index (χ1) is 18.2. The summed E-state index contributed by atoms with van der Waals surface area (Å²) in [5.41, 5.74) is 0.726. The van der Waals surface area contributed by atoms with Crippen molar-refractivity contribution in [2.24, 2.45) is 10.1 Å². The van der Waals surface area contributed by atoms with E-state index in [-0.39, 0.29) is 23.3 Å². The largest absolute Gasteiger partial charge is 0.366 e. The van der Waals surface area contributed by atoms with Gasteiger partial charge in [0.15, 0.2) is 6.19 Å². The molecule has 0 saturated carbocycles. The number of nitrogens with one attached hydrogen (secondary N) is 2. The highest BCUT2D eigenvalue weighted by atomic mass is 32.2. The predicted molar refractivity (Wildman–Crippen MR) is 144 cm³/mol. The van der Waals surface area contributed by atoms with E-state index in [1.807, 2.05) is 50.4 Å². The van der Waals surface area contributed by atoms with Gasteiger partial charge in [0.1, 0.15) is 21.5 Å². The van der Waals surface area contributed by atoms with Crippen LogP contribution in [-0.4, -0.2) is 53.3 Å². The number of urea groups is 1. The molecular formula is C26H31F2N7O2S. The number of aliphatic imine (C=N–C) groups is 1. The van der Waals surface area contributed by atoms with Gasteiger partial charge in [-0.2, -0.15) is 15.4 Å². The summed E-state index contributed by atoms with van der Waals surface area (Å²) in [7, 11) is 1.55. The van der Waals surface area contributed by atoms with E-state index in [1.165, 1.54) is 21.8 Å². The zero-order valence-corrected chi connectivity index (χ0v) is 22.6. The molecular weight excluding hydrogens is 512 g/mol. The molecule has 0 aromatic heterocycles. The molecule has 2 aromatic carbocycles. The molecule has 9 nitrogen and oxygen atoms in total. The van der Waals surface area contributed by atoms with Crippen LogP contribution in [0.4, 0.5) is 13.6 Å². The number of amides is 2. The summed E-state index contributed by atoms with van der Waals surface area (Å²) >= 11 is 1.19. The van der Waals surface area contributed by atoms with Crippen LogP contribution in [0.2, 0.25) is 0 Å². The number of benzene rings is 2. The summed E-state index contributed by atoms with van der Waals surface area (Å²) in [5, 5.41) is 21.7. The second kappa shape index (κ2) is 13.2. The predicted octanol–water partition coefficient (Wildman–Crippen LogP) is 4.74. The Morgan fingerprint density at radius 2 is 2.03 bits per heavy atom. The van der Waals surface area contributed by atoms with Crippen LogP contribution in [0.3, 0.4) is 0 Å². The monoisotopic (exact) mass is 543 g/mol. The lowest BCUT2D eigenvalue weighted by Gasteiger charge is -2.38. The van der Waals surface area contributed by atoms with Crippen molar-refractivity contribution in [3.8, 4) is 6.19 Å². The fraction of sp³-hybridized carbons (Fsp3) is 0.385. The summed E-state index contributed by atoms with van der Waals surface area (Å²) in [6.07, 6.45) is 2.45. The normalized spacial score (nSPS) is 17.3. The molecule has 0 aliphatic carbocycles. The molecule has 0 radical (unpaired) electrons. The lowest BCUT2D eigenvalue weighted by molar-refractivity contribution is -0.154. The average molecular weight is 544 g/mol. The van der Waals surface area contributed by atoms with Gasteiger partial charge in [-0.3, -0.25) is 15.1 Å². The molecule has 1 atom stereocenters. The Morgan fingerprint density at radius 3 is 2.66 bits per heavy atom. The highest BCUT2D eigenvalue weighted by molar-refractivity contribution is 8.15. The second-order valence-corrected chi connectivity index (χ2v) is 9.83. The molecule has 2 N–H and O–H groups in total. The third-order valence-electron chi connectivity index (χ3n) is 5.58. The van der Waals surface area contributed by atoms with Gasteiger partial charge in [0.25, 0.3) is 0 Å². The van der Waals surface area contributed by atoms with Gasteiger partial charge in [-0.25, -0.2) is 18.6 Å². The number of hydroxylamine groups is 2. The summed E-state index contributed by atoms with van der Waals surface area (Å²) < 4.78 is 29.0. The maximum absolute atomic E-state index is 14.9. The molecule has 1 unspecified atom stereocenters. The third-order valence-corrected chi connectivity index (χ3v) is 7.03. The highest BCUT2D eigenvalue weighted by Crippen LogP contribution is 2.51. The molecule has 1 heterocycles. The van der Waals surface area contributed by atoms with Crippen molar-refractivity contribution in [1.82, 2.24) is 20.7 Å². The van der Waals surface area contributed by atoms with Crippen LogP contribution in [0.15, 0.2) is 58.6 Å². The van der Waals surface area contributed by atoms with Crippen LogP contribution in [0.1, 0.15) is 44.7 Å². The number of carbonyl (C=O) groups is 1. The SMILES string of the molecule is CCN(OC(C)C)C(=O)N1N=C(c2cc(F)ccc2F)SC1(CCCNC(=NC)NC#N)c1ccccc1. The van der Waals surface area contributed by atoms with Gasteiger partial charge in [-0.05, 0) is 57.4 Å². The van der Waals surface area contributed by atoms with Gasteiger partial charge in [-0.15, -0.1) is 0 Å². The lowest BCUT2D eigenvalue weighted by Crippen LogP contribution is -2.49. The number of nitrogens with zero attached hydrogens (tertiary/aromatic N) is 5. The van der Waals surface area contributed by atoms with Crippen molar-refractivity contribution in [2.45, 2.75) is 44.6 Å². The van der Waals surface area contributed by atoms with Crippen LogP contribution < -0.4 is 10.6 Å². The topological polar surface area (TPSA) is 105 Å². The van der Waals surface area contributed by atoms with Crippen LogP contribution in [0.5, 0.6) is 0 Å². The summed E-state index contributed by atoms with van der Waals surface area (Å²) in [6.45, 7) is 6.07. The van der Waals surface area contributed by atoms with E-state index in [0.717, 1.165) is 23.8 Å². The number of hydrogen-bond donors (Lipinski definition) is 2. The summed E-state index contributed by atoms with van der Waals surface area (Å²) in [4.78, 5) is 22.5. The Morgan fingerprint density at radius 1 is 1.29 bits per heavy atom. The van der Waals surface area contributed by atoms with E-state index < -0.39 is 22.5 Å². The van der Waals surface area contributed by atoms with E-state index in [0.29, 0.717) is 25.3 Å². The minimum Gasteiger partial charge on any atom is -0.356 e. The zero-order chi connectivity index (χ0) is 27.7. The molecule has 0 bridgehead atoms. The standard InChI is InChI=1S/C26H31F2N7O2S/c1-5-34(37-18(2)3)25(36)35-26(19-10-7-6-8-11-19,14-9-15-31-24(30-4)32-17-29)38-23(33-35)21-16-20(27)12-13-22(21)28/h6-8,10-13,16,18H,5,9,14-15H2,1-4H3,(H2,30,31,32). The van der Waals surface area contributed by atoms with Crippen molar-refractivity contribution < 1.29 is 18.4 Å². The number of guanidine groups is 1. The van der Waals surface area contributed by atoms with E-state index >= 15 is 0 Å². The molecule has 0 fully saturated rings. The molecule has 202 valence electrons. The first-order valence-electron chi connectivity index (χ1n) is 12.2. The van der Waals surface area contributed by atoms with Gasteiger partial charge < -0.3 is 5.32 Å².